The van der Waals surface area contributed by atoms with Crippen LogP contribution in [0.1, 0.15) is 0 Å². The molecule has 0 radical (unpaired) electrons. The van der Waals surface area contributed by atoms with E-state index in [1.54, 1.807) is 22.7 Å². The summed E-state index contributed by atoms with van der Waals surface area (Å²) in [5.41, 5.74) is 6.39. The van der Waals surface area contributed by atoms with Gasteiger partial charge in [0.15, 0.2) is 17.5 Å². The van der Waals surface area contributed by atoms with Gasteiger partial charge in [-0.1, -0.05) is 97.1 Å². The average Bonchev–Trinajstić information content (AvgIpc) is 3.87. The molecule has 51 heavy (non-hydrogen) atoms. The minimum Gasteiger partial charge on any atom is -0.309 e. The number of para-hydroxylation sites is 2. The molecular formula is C45H26N4S2. The third kappa shape index (κ3) is 4.47. The third-order valence-electron chi connectivity index (χ3n) is 9.86. The summed E-state index contributed by atoms with van der Waals surface area (Å²) < 4.78 is 7.31. The van der Waals surface area contributed by atoms with Crippen LogP contribution in [0.25, 0.3) is 102 Å². The van der Waals surface area contributed by atoms with E-state index in [1.165, 1.54) is 51.2 Å². The van der Waals surface area contributed by atoms with Crippen LogP contribution < -0.4 is 0 Å². The molecule has 0 aliphatic rings. The Morgan fingerprint density at radius 2 is 0.961 bits per heavy atom. The number of nitrogens with zero attached hydrogens (tertiary/aromatic N) is 4. The molecular weight excluding hydrogens is 661 g/mol. The van der Waals surface area contributed by atoms with Crippen LogP contribution in [0.4, 0.5) is 0 Å². The second kappa shape index (κ2) is 11.2. The Labute approximate surface area is 300 Å². The first kappa shape index (κ1) is 28.6. The van der Waals surface area contributed by atoms with E-state index >= 15 is 0 Å². The van der Waals surface area contributed by atoms with E-state index in [4.69, 9.17) is 15.0 Å². The lowest BCUT2D eigenvalue weighted by Crippen LogP contribution is -2.00. The maximum atomic E-state index is 5.26. The van der Waals surface area contributed by atoms with Crippen molar-refractivity contribution in [3.8, 4) is 39.9 Å². The third-order valence-corrected chi connectivity index (χ3v) is 12.1. The number of fused-ring (bicyclic) bond motifs is 9. The molecule has 0 N–H and O–H groups in total. The van der Waals surface area contributed by atoms with Crippen LogP contribution in [0, 0.1) is 0 Å². The predicted molar refractivity (Wildman–Crippen MR) is 216 cm³/mol. The van der Waals surface area contributed by atoms with E-state index in [2.05, 4.69) is 162 Å². The minimum atomic E-state index is 0.654. The summed E-state index contributed by atoms with van der Waals surface area (Å²) in [7, 11) is 0. The lowest BCUT2D eigenvalue weighted by atomic mass is 10.0. The van der Waals surface area contributed by atoms with E-state index in [0.29, 0.717) is 17.5 Å². The van der Waals surface area contributed by atoms with Gasteiger partial charge in [0.25, 0.3) is 0 Å². The second-order valence-corrected chi connectivity index (χ2v) is 15.0. The summed E-state index contributed by atoms with van der Waals surface area (Å²) in [6, 6.07) is 56.0. The molecule has 11 rings (SSSR count). The maximum absolute atomic E-state index is 5.26. The molecule has 4 heterocycles. The number of aromatic nitrogens is 4. The molecule has 0 saturated carbocycles. The molecule has 0 saturated heterocycles. The number of thiophene rings is 2. The number of hydrogen-bond acceptors (Lipinski definition) is 5. The Morgan fingerprint density at radius 1 is 0.373 bits per heavy atom. The summed E-state index contributed by atoms with van der Waals surface area (Å²) in [6.07, 6.45) is 0. The maximum Gasteiger partial charge on any atom is 0.164 e. The normalized spacial score (nSPS) is 11.9. The molecule has 0 aliphatic heterocycles. The summed E-state index contributed by atoms with van der Waals surface area (Å²) in [5.74, 6) is 1.99. The van der Waals surface area contributed by atoms with E-state index in [-0.39, 0.29) is 0 Å². The van der Waals surface area contributed by atoms with Crippen LogP contribution in [0.3, 0.4) is 0 Å². The van der Waals surface area contributed by atoms with Crippen molar-refractivity contribution in [3.63, 3.8) is 0 Å². The van der Waals surface area contributed by atoms with E-state index in [0.717, 1.165) is 33.3 Å². The SMILES string of the molecule is c1ccc(-n2c3ccccc3c3cc(-c4nc(-c5ccc6c(c5)sc5ccccc56)nc(-c5cccc6sc7ccccc7c56)n4)ccc32)cc1. The molecule has 11 aromatic rings. The van der Waals surface area contributed by atoms with Crippen LogP contribution in [0.5, 0.6) is 0 Å². The molecule has 4 aromatic heterocycles. The summed E-state index contributed by atoms with van der Waals surface area (Å²) in [5, 5.41) is 7.29. The first-order valence-corrected chi connectivity index (χ1v) is 18.6. The van der Waals surface area contributed by atoms with Gasteiger partial charge in [-0.15, -0.1) is 22.7 Å². The second-order valence-electron chi connectivity index (χ2n) is 12.8. The summed E-state index contributed by atoms with van der Waals surface area (Å²) >= 11 is 3.61. The Kier molecular flexibility index (Phi) is 6.26. The van der Waals surface area contributed by atoms with Crippen molar-refractivity contribution in [2.24, 2.45) is 0 Å². The van der Waals surface area contributed by atoms with Gasteiger partial charge in [0, 0.05) is 73.5 Å². The minimum absolute atomic E-state index is 0.654. The molecule has 0 atom stereocenters. The zero-order valence-electron chi connectivity index (χ0n) is 27.1. The smallest absolute Gasteiger partial charge is 0.164 e. The zero-order chi connectivity index (χ0) is 33.5. The Balaban J connectivity index is 1.16. The van der Waals surface area contributed by atoms with E-state index < -0.39 is 0 Å². The van der Waals surface area contributed by atoms with Crippen molar-refractivity contribution in [3.05, 3.63) is 158 Å². The fourth-order valence-corrected chi connectivity index (χ4v) is 9.83. The van der Waals surface area contributed by atoms with Gasteiger partial charge in [0.2, 0.25) is 0 Å². The largest absolute Gasteiger partial charge is 0.309 e. The highest BCUT2D eigenvalue weighted by molar-refractivity contribution is 7.26. The first-order valence-electron chi connectivity index (χ1n) is 16.9. The van der Waals surface area contributed by atoms with E-state index in [1.807, 2.05) is 0 Å². The van der Waals surface area contributed by atoms with Crippen LogP contribution in [-0.2, 0) is 0 Å². The Hall–Kier alpha value is -6.21. The molecule has 0 amide bonds. The van der Waals surface area contributed by atoms with Crippen molar-refractivity contribution in [2.75, 3.05) is 0 Å². The predicted octanol–water partition coefficient (Wildman–Crippen LogP) is 12.7. The molecule has 238 valence electrons. The van der Waals surface area contributed by atoms with Gasteiger partial charge in [0.1, 0.15) is 0 Å². The van der Waals surface area contributed by atoms with Crippen molar-refractivity contribution in [1.29, 1.82) is 0 Å². The molecule has 0 spiro atoms. The van der Waals surface area contributed by atoms with Gasteiger partial charge >= 0.3 is 0 Å². The molecule has 4 nitrogen and oxygen atoms in total. The first-order chi connectivity index (χ1) is 25.3. The van der Waals surface area contributed by atoms with Gasteiger partial charge < -0.3 is 4.57 Å². The van der Waals surface area contributed by atoms with Gasteiger partial charge in [-0.05, 0) is 60.7 Å². The van der Waals surface area contributed by atoms with Crippen LogP contribution in [-0.4, -0.2) is 19.5 Å². The summed E-state index contributed by atoms with van der Waals surface area (Å²) in [4.78, 5) is 15.7. The quantitative estimate of drug-likeness (QED) is 0.185. The van der Waals surface area contributed by atoms with Crippen molar-refractivity contribution in [2.45, 2.75) is 0 Å². The number of hydrogen-bond donors (Lipinski definition) is 0. The Bertz CT molecular complexity index is 3150. The van der Waals surface area contributed by atoms with Crippen molar-refractivity contribution >= 4 is 84.8 Å². The van der Waals surface area contributed by atoms with E-state index in [9.17, 15) is 0 Å². The highest BCUT2D eigenvalue weighted by Crippen LogP contribution is 2.41. The monoisotopic (exact) mass is 686 g/mol. The molecule has 7 aromatic carbocycles. The van der Waals surface area contributed by atoms with Gasteiger partial charge in [-0.25, -0.2) is 15.0 Å². The lowest BCUT2D eigenvalue weighted by molar-refractivity contribution is 1.08. The van der Waals surface area contributed by atoms with Crippen LogP contribution >= 0.6 is 22.7 Å². The summed E-state index contributed by atoms with van der Waals surface area (Å²) in [6.45, 7) is 0. The highest BCUT2D eigenvalue weighted by atomic mass is 32.1. The molecule has 0 unspecified atom stereocenters. The van der Waals surface area contributed by atoms with Crippen molar-refractivity contribution in [1.82, 2.24) is 19.5 Å². The number of benzene rings is 7. The fourth-order valence-electron chi connectivity index (χ4n) is 7.55. The highest BCUT2D eigenvalue weighted by Gasteiger charge is 2.19. The fraction of sp³-hybridized carbons (Fsp3) is 0. The van der Waals surface area contributed by atoms with Crippen molar-refractivity contribution < 1.29 is 0 Å². The van der Waals surface area contributed by atoms with Crippen LogP contribution in [0.2, 0.25) is 0 Å². The molecule has 0 fully saturated rings. The van der Waals surface area contributed by atoms with Crippen LogP contribution in [0.15, 0.2) is 158 Å². The Morgan fingerprint density at radius 3 is 1.80 bits per heavy atom. The zero-order valence-corrected chi connectivity index (χ0v) is 28.7. The molecule has 0 aliphatic carbocycles. The molecule has 0 bridgehead atoms. The average molecular weight is 687 g/mol. The molecule has 6 heteroatoms. The number of rotatable bonds is 4. The van der Waals surface area contributed by atoms with Gasteiger partial charge in [-0.2, -0.15) is 0 Å². The van der Waals surface area contributed by atoms with Gasteiger partial charge in [0.05, 0.1) is 11.0 Å². The standard InChI is InChI=1S/C45H26N4S2/c1-2-11-29(12-3-1)49-36-17-7-4-13-30(36)35-25-27(22-24-37(35)49)43-46-44(28-21-23-32-31-14-5-8-18-38(31)51-41(32)26-28)48-45(47-43)34-16-10-20-40-42(34)33-15-6-9-19-39(33)50-40/h1-26H. The topological polar surface area (TPSA) is 43.6 Å². The lowest BCUT2D eigenvalue weighted by Gasteiger charge is -2.10. The van der Waals surface area contributed by atoms with Gasteiger partial charge in [-0.3, -0.25) is 0 Å².